The van der Waals surface area contributed by atoms with E-state index in [1.165, 1.54) is 24.3 Å². The van der Waals surface area contributed by atoms with Gasteiger partial charge in [-0.25, -0.2) is 4.79 Å². The number of aromatic hydroxyl groups is 1. The number of carboxylic acid groups (broad SMARTS) is 1. The molecule has 1 heterocycles. The van der Waals surface area contributed by atoms with Gasteiger partial charge in [0.1, 0.15) is 17.1 Å². The van der Waals surface area contributed by atoms with Gasteiger partial charge in [-0.05, 0) is 70.6 Å². The molecule has 2 aromatic rings. The van der Waals surface area contributed by atoms with E-state index in [4.69, 9.17) is 4.42 Å². The quantitative estimate of drug-likeness (QED) is 0.340. The standard InChI is InChI=1S/C20H11IO5/c21-10-1-4-13(20(24)25)16(7-10)19-14-5-2-11(22)8-17(14)26-18-9-12(23)3-6-15(18)19/h1-9,22H,(H,24,25). The summed E-state index contributed by atoms with van der Waals surface area (Å²) < 4.78 is 6.67. The maximum atomic E-state index is 11.8. The highest BCUT2D eigenvalue weighted by Crippen LogP contribution is 2.42. The first-order valence-electron chi connectivity index (χ1n) is 7.67. The highest BCUT2D eigenvalue weighted by atomic mass is 127. The topological polar surface area (TPSA) is 87.7 Å². The normalized spacial score (nSPS) is 11.1. The average molecular weight is 458 g/mol. The molecule has 0 saturated carbocycles. The molecule has 128 valence electrons. The summed E-state index contributed by atoms with van der Waals surface area (Å²) in [5.41, 5.74) is 2.11. The van der Waals surface area contributed by atoms with Crippen molar-refractivity contribution in [1.82, 2.24) is 0 Å². The largest absolute Gasteiger partial charge is 0.508 e. The number of phenolic OH excluding ortho intramolecular Hbond substituents is 1. The van der Waals surface area contributed by atoms with Crippen LogP contribution in [-0.2, 0) is 0 Å². The van der Waals surface area contributed by atoms with E-state index in [1.54, 1.807) is 30.3 Å². The molecule has 5 nitrogen and oxygen atoms in total. The van der Waals surface area contributed by atoms with Gasteiger partial charge in [0.05, 0.1) is 5.56 Å². The van der Waals surface area contributed by atoms with Gasteiger partial charge >= 0.3 is 5.97 Å². The number of hydrogen-bond donors (Lipinski definition) is 2. The zero-order valence-electron chi connectivity index (χ0n) is 13.2. The lowest BCUT2D eigenvalue weighted by Gasteiger charge is -2.17. The summed E-state index contributed by atoms with van der Waals surface area (Å²) in [5.74, 6) is -0.690. The molecule has 2 aliphatic rings. The van der Waals surface area contributed by atoms with Crippen molar-refractivity contribution in [2.75, 3.05) is 0 Å². The van der Waals surface area contributed by atoms with Crippen LogP contribution < -0.4 is 5.43 Å². The van der Waals surface area contributed by atoms with Crippen LogP contribution in [0.15, 0.2) is 63.8 Å². The lowest BCUT2D eigenvalue weighted by atomic mass is 9.91. The van der Waals surface area contributed by atoms with Crippen LogP contribution >= 0.6 is 22.6 Å². The molecule has 4 rings (SSSR count). The molecular weight excluding hydrogens is 447 g/mol. The third kappa shape index (κ3) is 2.72. The van der Waals surface area contributed by atoms with Crippen LogP contribution in [0.4, 0.5) is 0 Å². The van der Waals surface area contributed by atoms with E-state index in [0.29, 0.717) is 33.4 Å². The smallest absolute Gasteiger partial charge is 0.336 e. The Labute approximate surface area is 161 Å². The zero-order valence-corrected chi connectivity index (χ0v) is 15.4. The number of fused-ring (bicyclic) bond motifs is 2. The number of rotatable bonds is 2. The Balaban J connectivity index is 2.23. The molecule has 0 fully saturated rings. The Kier molecular flexibility index (Phi) is 3.91. The zero-order chi connectivity index (χ0) is 18.4. The highest BCUT2D eigenvalue weighted by Gasteiger charge is 2.22. The van der Waals surface area contributed by atoms with E-state index in [0.717, 1.165) is 3.57 Å². The number of benzene rings is 3. The van der Waals surface area contributed by atoms with Crippen LogP contribution in [0.2, 0.25) is 0 Å². The van der Waals surface area contributed by atoms with Crippen LogP contribution in [0, 0.1) is 3.57 Å². The molecule has 6 heteroatoms. The molecule has 0 atom stereocenters. The second-order valence-electron chi connectivity index (χ2n) is 5.81. The van der Waals surface area contributed by atoms with Gasteiger partial charge in [0.2, 0.25) is 0 Å². The highest BCUT2D eigenvalue weighted by molar-refractivity contribution is 14.1. The van der Waals surface area contributed by atoms with Gasteiger partial charge in [-0.3, -0.25) is 4.79 Å². The minimum absolute atomic E-state index is 0.0194. The van der Waals surface area contributed by atoms with Crippen LogP contribution in [-0.4, -0.2) is 16.2 Å². The monoisotopic (exact) mass is 458 g/mol. The van der Waals surface area contributed by atoms with Crippen LogP contribution in [0.25, 0.3) is 33.4 Å². The summed E-state index contributed by atoms with van der Waals surface area (Å²) in [4.78, 5) is 23.5. The molecular formula is C20H11IO5. The molecule has 1 aliphatic carbocycles. The van der Waals surface area contributed by atoms with E-state index in [2.05, 4.69) is 22.6 Å². The fourth-order valence-corrected chi connectivity index (χ4v) is 3.55. The molecule has 0 radical (unpaired) electrons. The number of carboxylic acids is 1. The Bertz CT molecular complexity index is 1210. The van der Waals surface area contributed by atoms with Crippen LogP contribution in [0.3, 0.4) is 0 Å². The number of halogens is 1. The fraction of sp³-hybridized carbons (Fsp3) is 0. The van der Waals surface area contributed by atoms with Gasteiger partial charge in [-0.15, -0.1) is 0 Å². The van der Waals surface area contributed by atoms with Crippen molar-refractivity contribution in [2.24, 2.45) is 0 Å². The minimum Gasteiger partial charge on any atom is -0.508 e. The Morgan fingerprint density at radius 3 is 2.54 bits per heavy atom. The van der Waals surface area contributed by atoms with E-state index >= 15 is 0 Å². The summed E-state index contributed by atoms with van der Waals surface area (Å²) in [6, 6.07) is 14.1. The predicted octanol–water partition coefficient (Wildman–Crippen LogP) is 4.57. The van der Waals surface area contributed by atoms with Crippen molar-refractivity contribution in [3.05, 3.63) is 74.0 Å². The molecule has 0 amide bonds. The molecule has 0 aromatic heterocycles. The number of aromatic carboxylic acids is 1. The molecule has 0 unspecified atom stereocenters. The summed E-state index contributed by atoms with van der Waals surface area (Å²) in [6.07, 6.45) is 0. The van der Waals surface area contributed by atoms with Gasteiger partial charge in [0.15, 0.2) is 5.43 Å². The molecule has 0 saturated heterocycles. The number of carbonyl (C=O) groups is 1. The maximum Gasteiger partial charge on any atom is 0.336 e. The summed E-state index contributed by atoms with van der Waals surface area (Å²) in [6.45, 7) is 0. The van der Waals surface area contributed by atoms with Crippen LogP contribution in [0.5, 0.6) is 5.75 Å². The van der Waals surface area contributed by atoms with Gasteiger partial charge in [0.25, 0.3) is 0 Å². The number of hydrogen-bond acceptors (Lipinski definition) is 4. The first-order chi connectivity index (χ1) is 12.4. The Hall–Kier alpha value is -2.87. The number of phenols is 1. The van der Waals surface area contributed by atoms with Gasteiger partial charge in [0, 0.05) is 32.2 Å². The fourth-order valence-electron chi connectivity index (χ4n) is 3.06. The van der Waals surface area contributed by atoms with E-state index < -0.39 is 5.97 Å². The average Bonchev–Trinajstić information content (AvgIpc) is 2.59. The second kappa shape index (κ2) is 6.14. The van der Waals surface area contributed by atoms with Gasteiger partial charge in [-0.1, -0.05) is 0 Å². The molecule has 0 spiro atoms. The van der Waals surface area contributed by atoms with Gasteiger partial charge in [-0.2, -0.15) is 0 Å². The van der Waals surface area contributed by atoms with Gasteiger partial charge < -0.3 is 14.6 Å². The Morgan fingerprint density at radius 1 is 0.962 bits per heavy atom. The SMILES string of the molecule is O=C(O)c1ccc(I)cc1-c1c2ccc(=O)cc-2oc2cc(O)ccc12. The summed E-state index contributed by atoms with van der Waals surface area (Å²) in [5, 5.41) is 20.1. The third-order valence-corrected chi connectivity index (χ3v) is 4.83. The van der Waals surface area contributed by atoms with Crippen molar-refractivity contribution in [2.45, 2.75) is 0 Å². The van der Waals surface area contributed by atoms with Crippen molar-refractivity contribution in [1.29, 1.82) is 0 Å². The van der Waals surface area contributed by atoms with Crippen molar-refractivity contribution < 1.29 is 19.4 Å². The third-order valence-electron chi connectivity index (χ3n) is 4.16. The maximum absolute atomic E-state index is 11.8. The molecule has 2 aromatic carbocycles. The summed E-state index contributed by atoms with van der Waals surface area (Å²) in [7, 11) is 0. The Morgan fingerprint density at radius 2 is 1.77 bits per heavy atom. The minimum atomic E-state index is -1.04. The first-order valence-corrected chi connectivity index (χ1v) is 8.75. The van der Waals surface area contributed by atoms with Crippen molar-refractivity contribution in [3.63, 3.8) is 0 Å². The molecule has 0 bridgehead atoms. The van der Waals surface area contributed by atoms with Crippen molar-refractivity contribution >= 4 is 39.5 Å². The van der Waals surface area contributed by atoms with E-state index in [9.17, 15) is 19.8 Å². The second-order valence-corrected chi connectivity index (χ2v) is 7.06. The lowest BCUT2D eigenvalue weighted by Crippen LogP contribution is -2.03. The molecule has 1 aliphatic heterocycles. The molecule has 26 heavy (non-hydrogen) atoms. The van der Waals surface area contributed by atoms with E-state index in [-0.39, 0.29) is 16.7 Å². The lowest BCUT2D eigenvalue weighted by molar-refractivity contribution is 0.0697. The van der Waals surface area contributed by atoms with Crippen molar-refractivity contribution in [3.8, 4) is 28.2 Å². The van der Waals surface area contributed by atoms with Crippen LogP contribution in [0.1, 0.15) is 10.4 Å². The van der Waals surface area contributed by atoms with E-state index in [1.807, 2.05) is 0 Å². The predicted molar refractivity (Wildman–Crippen MR) is 106 cm³/mol. The molecule has 2 N–H and O–H groups in total. The summed E-state index contributed by atoms with van der Waals surface area (Å²) >= 11 is 2.12. The first kappa shape index (κ1) is 16.6.